The van der Waals surface area contributed by atoms with Crippen molar-refractivity contribution < 1.29 is 32.2 Å². The molecule has 0 bridgehead atoms. The lowest BCUT2D eigenvalue weighted by Crippen LogP contribution is -2.32. The molecule has 0 saturated carbocycles. The van der Waals surface area contributed by atoms with Crippen LogP contribution < -0.4 is 14.2 Å². The van der Waals surface area contributed by atoms with Crippen LogP contribution in [0, 0.1) is 0 Å². The molecule has 0 atom stereocenters. The maximum atomic E-state index is 13.1. The Morgan fingerprint density at radius 3 is 2.16 bits per heavy atom. The fourth-order valence-corrected chi connectivity index (χ4v) is 5.03. The topological polar surface area (TPSA) is 91.4 Å². The molecule has 1 aliphatic heterocycles. The zero-order valence-corrected chi connectivity index (χ0v) is 19.2. The van der Waals surface area contributed by atoms with Crippen LogP contribution in [-0.4, -0.2) is 59.2 Å². The third kappa shape index (κ3) is 5.92. The van der Waals surface area contributed by atoms with Crippen LogP contribution >= 0.6 is 0 Å². The lowest BCUT2D eigenvalue weighted by atomic mass is 10.2. The van der Waals surface area contributed by atoms with E-state index in [1.165, 1.54) is 29.6 Å². The van der Waals surface area contributed by atoms with Gasteiger partial charge in [0.15, 0.2) is 0 Å². The summed E-state index contributed by atoms with van der Waals surface area (Å²) >= 11 is 0. The van der Waals surface area contributed by atoms with Crippen molar-refractivity contribution in [2.75, 3.05) is 40.5 Å². The minimum absolute atomic E-state index is 0.00286. The average molecular weight is 464 g/mol. The van der Waals surface area contributed by atoms with Gasteiger partial charge in [-0.25, -0.2) is 13.2 Å². The van der Waals surface area contributed by atoms with E-state index in [1.54, 1.807) is 31.4 Å². The Kier molecular flexibility index (Phi) is 8.35. The monoisotopic (exact) mass is 463 g/mol. The summed E-state index contributed by atoms with van der Waals surface area (Å²) in [5, 5.41) is 0. The van der Waals surface area contributed by atoms with E-state index in [0.29, 0.717) is 24.6 Å². The van der Waals surface area contributed by atoms with Gasteiger partial charge in [-0.2, -0.15) is 4.31 Å². The first kappa shape index (κ1) is 23.9. The number of carbonyl (C=O) groups excluding carboxylic acids is 1. The van der Waals surface area contributed by atoms with Gasteiger partial charge in [-0.15, -0.1) is 0 Å². The molecule has 2 aromatic rings. The smallest absolute Gasteiger partial charge is 0.342 e. The Hall–Kier alpha value is -2.78. The molecule has 0 spiro atoms. The van der Waals surface area contributed by atoms with Gasteiger partial charge in [0.05, 0.1) is 19.1 Å². The zero-order chi connectivity index (χ0) is 23.0. The van der Waals surface area contributed by atoms with Gasteiger partial charge in [-0.05, 0) is 55.3 Å². The summed E-state index contributed by atoms with van der Waals surface area (Å²) in [4.78, 5) is 12.7. The van der Waals surface area contributed by atoms with Crippen molar-refractivity contribution in [2.24, 2.45) is 0 Å². The van der Waals surface area contributed by atoms with Gasteiger partial charge in [0.2, 0.25) is 10.0 Å². The Morgan fingerprint density at radius 2 is 1.53 bits per heavy atom. The first-order valence-electron chi connectivity index (χ1n) is 10.6. The largest absolute Gasteiger partial charge is 0.497 e. The van der Waals surface area contributed by atoms with Crippen molar-refractivity contribution in [3.8, 4) is 17.2 Å². The lowest BCUT2D eigenvalue weighted by Gasteiger charge is -2.20. The summed E-state index contributed by atoms with van der Waals surface area (Å²) in [6, 6.07) is 11.3. The van der Waals surface area contributed by atoms with Crippen molar-refractivity contribution in [3.63, 3.8) is 0 Å². The molecule has 9 heteroatoms. The zero-order valence-electron chi connectivity index (χ0n) is 18.4. The van der Waals surface area contributed by atoms with E-state index < -0.39 is 16.0 Å². The second kappa shape index (κ2) is 11.2. The molecule has 0 aliphatic carbocycles. The predicted octanol–water partition coefficient (Wildman–Crippen LogP) is 3.50. The molecule has 8 nitrogen and oxygen atoms in total. The number of methoxy groups -OCH3 is 2. The molecule has 32 heavy (non-hydrogen) atoms. The van der Waals surface area contributed by atoms with Crippen molar-refractivity contribution in [1.82, 2.24) is 4.31 Å². The van der Waals surface area contributed by atoms with Crippen molar-refractivity contribution in [2.45, 2.75) is 30.6 Å². The molecular formula is C23H29NO7S. The molecule has 0 aromatic heterocycles. The first-order chi connectivity index (χ1) is 15.5. The fraction of sp³-hybridized carbons (Fsp3) is 0.435. The van der Waals surface area contributed by atoms with Gasteiger partial charge >= 0.3 is 5.97 Å². The number of nitrogens with zero attached hydrogens (tertiary/aromatic N) is 1. The van der Waals surface area contributed by atoms with Crippen LogP contribution in [0.1, 0.15) is 36.0 Å². The molecule has 1 fully saturated rings. The van der Waals surface area contributed by atoms with Crippen LogP contribution in [0.25, 0.3) is 0 Å². The normalized spacial score (nSPS) is 14.9. The maximum Gasteiger partial charge on any atom is 0.342 e. The molecule has 0 unspecified atom stereocenters. The molecule has 0 N–H and O–H groups in total. The molecule has 0 amide bonds. The van der Waals surface area contributed by atoms with E-state index in [1.807, 2.05) is 0 Å². The Bertz CT molecular complexity index is 998. The van der Waals surface area contributed by atoms with Gasteiger partial charge in [0.1, 0.15) is 36.0 Å². The van der Waals surface area contributed by atoms with E-state index in [-0.39, 0.29) is 29.4 Å². The molecule has 1 heterocycles. The summed E-state index contributed by atoms with van der Waals surface area (Å²) in [5.74, 6) is 0.907. The average Bonchev–Trinajstić information content (AvgIpc) is 3.12. The minimum Gasteiger partial charge on any atom is -0.497 e. The fourth-order valence-electron chi connectivity index (χ4n) is 3.48. The number of sulfonamides is 1. The highest BCUT2D eigenvalue weighted by atomic mass is 32.2. The molecule has 3 rings (SSSR count). The standard InChI is InChI=1S/C23H29NO7S/c1-28-18-7-9-19(10-8-18)30-15-16-31-23(25)21-17-20(11-12-22(21)29-2)32(26,27)24-13-5-3-4-6-14-24/h7-12,17H,3-6,13-16H2,1-2H3. The molecule has 1 saturated heterocycles. The molecule has 174 valence electrons. The highest BCUT2D eigenvalue weighted by Crippen LogP contribution is 2.27. The number of esters is 1. The van der Waals surface area contributed by atoms with Gasteiger partial charge in [0, 0.05) is 13.1 Å². The van der Waals surface area contributed by atoms with E-state index >= 15 is 0 Å². The van der Waals surface area contributed by atoms with Crippen molar-refractivity contribution in [1.29, 1.82) is 0 Å². The molecule has 2 aromatic carbocycles. The maximum absolute atomic E-state index is 13.1. The lowest BCUT2D eigenvalue weighted by molar-refractivity contribution is 0.0446. The number of ether oxygens (including phenoxy) is 4. The summed E-state index contributed by atoms with van der Waals surface area (Å²) in [5.41, 5.74) is 0.0628. The molecular weight excluding hydrogens is 434 g/mol. The van der Waals surface area contributed by atoms with E-state index in [0.717, 1.165) is 25.7 Å². The van der Waals surface area contributed by atoms with E-state index in [9.17, 15) is 13.2 Å². The van der Waals surface area contributed by atoms with E-state index in [4.69, 9.17) is 18.9 Å². The summed E-state index contributed by atoms with van der Waals surface area (Å²) in [7, 11) is -0.699. The van der Waals surface area contributed by atoms with Gasteiger partial charge in [-0.3, -0.25) is 0 Å². The first-order valence-corrected chi connectivity index (χ1v) is 12.0. The SMILES string of the molecule is COc1ccc(OCCOC(=O)c2cc(S(=O)(=O)N3CCCCCC3)ccc2OC)cc1. The molecule has 0 radical (unpaired) electrons. The third-order valence-electron chi connectivity index (χ3n) is 5.24. The second-order valence-electron chi connectivity index (χ2n) is 7.34. The highest BCUT2D eigenvalue weighted by molar-refractivity contribution is 7.89. The highest BCUT2D eigenvalue weighted by Gasteiger charge is 2.27. The van der Waals surface area contributed by atoms with Crippen LogP contribution in [0.2, 0.25) is 0 Å². The second-order valence-corrected chi connectivity index (χ2v) is 9.28. The summed E-state index contributed by atoms with van der Waals surface area (Å²) in [6.45, 7) is 1.11. The summed E-state index contributed by atoms with van der Waals surface area (Å²) < 4.78 is 48.8. The van der Waals surface area contributed by atoms with Crippen LogP contribution in [0.4, 0.5) is 0 Å². The van der Waals surface area contributed by atoms with Gasteiger partial charge in [0.25, 0.3) is 0 Å². The summed E-state index contributed by atoms with van der Waals surface area (Å²) in [6.07, 6.45) is 3.70. The number of rotatable bonds is 9. The Morgan fingerprint density at radius 1 is 0.875 bits per heavy atom. The van der Waals surface area contributed by atoms with Crippen LogP contribution in [0.15, 0.2) is 47.4 Å². The Labute approximate surface area is 189 Å². The Balaban J connectivity index is 1.65. The number of hydrogen-bond acceptors (Lipinski definition) is 7. The molecule has 1 aliphatic rings. The predicted molar refractivity (Wildman–Crippen MR) is 119 cm³/mol. The van der Waals surface area contributed by atoms with Crippen molar-refractivity contribution >= 4 is 16.0 Å². The van der Waals surface area contributed by atoms with Crippen molar-refractivity contribution in [3.05, 3.63) is 48.0 Å². The van der Waals surface area contributed by atoms with Crippen LogP contribution in [-0.2, 0) is 14.8 Å². The van der Waals surface area contributed by atoms with Gasteiger partial charge < -0.3 is 18.9 Å². The number of benzene rings is 2. The third-order valence-corrected chi connectivity index (χ3v) is 7.13. The van der Waals surface area contributed by atoms with Crippen LogP contribution in [0.5, 0.6) is 17.2 Å². The number of hydrogen-bond donors (Lipinski definition) is 0. The quantitative estimate of drug-likeness (QED) is 0.415. The number of carbonyl (C=O) groups is 1. The van der Waals surface area contributed by atoms with Crippen LogP contribution in [0.3, 0.4) is 0 Å². The van der Waals surface area contributed by atoms with Gasteiger partial charge in [-0.1, -0.05) is 12.8 Å². The van der Waals surface area contributed by atoms with E-state index in [2.05, 4.69) is 0 Å². The minimum atomic E-state index is -3.70.